The Hall–Kier alpha value is -1.55. The molecule has 5 aliphatic rings. The van der Waals surface area contributed by atoms with Crippen molar-refractivity contribution in [2.75, 3.05) is 31.1 Å². The van der Waals surface area contributed by atoms with Crippen LogP contribution in [0.25, 0.3) is 0 Å². The highest BCUT2D eigenvalue weighted by molar-refractivity contribution is 5.80. The Morgan fingerprint density at radius 3 is 2.24 bits per heavy atom. The number of benzene rings is 1. The second kappa shape index (κ2) is 7.30. The van der Waals surface area contributed by atoms with E-state index in [-0.39, 0.29) is 11.6 Å². The number of carbonyl (C=O) groups excluding carboxylic acids is 1. The minimum Gasteiger partial charge on any atom is -0.360 e. The SMILES string of the molecule is Cc1cccc(N2CC[NH+]([C@@H](C)C(=O)NC34CC5CC(CC(C5)C3)C4)CC2)c1C. The van der Waals surface area contributed by atoms with E-state index in [1.807, 2.05) is 0 Å². The average Bonchev–Trinajstić information content (AvgIpc) is 2.68. The van der Waals surface area contributed by atoms with Gasteiger partial charge in [-0.05, 0) is 94.2 Å². The normalized spacial score (nSPS) is 35.0. The summed E-state index contributed by atoms with van der Waals surface area (Å²) in [7, 11) is 0. The third-order valence-electron chi connectivity index (χ3n) is 8.75. The van der Waals surface area contributed by atoms with Crippen molar-refractivity contribution in [3.8, 4) is 0 Å². The molecular formula is C25H38N3O+. The average molecular weight is 397 g/mol. The molecule has 0 unspecified atom stereocenters. The molecule has 4 nitrogen and oxygen atoms in total. The molecule has 1 atom stereocenters. The van der Waals surface area contributed by atoms with E-state index in [0.717, 1.165) is 43.9 Å². The first kappa shape index (κ1) is 19.4. The molecule has 29 heavy (non-hydrogen) atoms. The molecule has 0 radical (unpaired) electrons. The number of anilines is 1. The number of carbonyl (C=O) groups is 1. The number of nitrogens with one attached hydrogen (secondary N) is 2. The van der Waals surface area contributed by atoms with E-state index in [9.17, 15) is 4.79 Å². The van der Waals surface area contributed by atoms with Crippen LogP contribution in [0.1, 0.15) is 56.6 Å². The van der Waals surface area contributed by atoms with E-state index in [2.05, 4.69) is 49.2 Å². The summed E-state index contributed by atoms with van der Waals surface area (Å²) in [6.45, 7) is 10.7. The van der Waals surface area contributed by atoms with Crippen molar-refractivity contribution in [1.82, 2.24) is 5.32 Å². The van der Waals surface area contributed by atoms with Crippen LogP contribution in [0, 0.1) is 31.6 Å². The molecule has 4 aliphatic carbocycles. The quantitative estimate of drug-likeness (QED) is 0.820. The second-order valence-electron chi connectivity index (χ2n) is 10.8. The van der Waals surface area contributed by atoms with Gasteiger partial charge < -0.3 is 15.1 Å². The molecule has 158 valence electrons. The minimum atomic E-state index is 0.0590. The third-order valence-corrected chi connectivity index (χ3v) is 8.75. The van der Waals surface area contributed by atoms with Crippen LogP contribution in [0.2, 0.25) is 0 Å². The number of piperazine rings is 1. The predicted octanol–water partition coefficient (Wildman–Crippen LogP) is 2.48. The monoisotopic (exact) mass is 396 g/mol. The van der Waals surface area contributed by atoms with Crippen molar-refractivity contribution in [3.05, 3.63) is 29.3 Å². The number of nitrogens with zero attached hydrogens (tertiary/aromatic N) is 1. The van der Waals surface area contributed by atoms with Gasteiger partial charge in [0, 0.05) is 11.2 Å². The molecule has 1 aromatic rings. The van der Waals surface area contributed by atoms with Gasteiger partial charge in [0.1, 0.15) is 0 Å². The van der Waals surface area contributed by atoms with Crippen molar-refractivity contribution >= 4 is 11.6 Å². The molecule has 4 bridgehead atoms. The van der Waals surface area contributed by atoms with Gasteiger partial charge >= 0.3 is 0 Å². The lowest BCUT2D eigenvalue weighted by Gasteiger charge is -2.57. The van der Waals surface area contributed by atoms with Gasteiger partial charge in [0.2, 0.25) is 0 Å². The molecular weight excluding hydrogens is 358 g/mol. The van der Waals surface area contributed by atoms with Crippen LogP contribution in [0.4, 0.5) is 5.69 Å². The number of hydrogen-bond donors (Lipinski definition) is 2. The summed E-state index contributed by atoms with van der Waals surface area (Å²) in [5, 5.41) is 3.61. The Labute approximate surface area is 176 Å². The second-order valence-corrected chi connectivity index (χ2v) is 10.8. The lowest BCUT2D eigenvalue weighted by molar-refractivity contribution is -0.914. The van der Waals surface area contributed by atoms with Crippen molar-refractivity contribution in [2.24, 2.45) is 17.8 Å². The topological polar surface area (TPSA) is 36.8 Å². The fourth-order valence-corrected chi connectivity index (χ4v) is 7.36. The van der Waals surface area contributed by atoms with E-state index < -0.39 is 0 Å². The zero-order chi connectivity index (χ0) is 20.2. The first-order valence-corrected chi connectivity index (χ1v) is 11.9. The predicted molar refractivity (Wildman–Crippen MR) is 117 cm³/mol. The summed E-state index contributed by atoms with van der Waals surface area (Å²) in [5.74, 6) is 2.95. The third kappa shape index (κ3) is 3.58. The zero-order valence-corrected chi connectivity index (χ0v) is 18.5. The van der Waals surface area contributed by atoms with Crippen LogP contribution >= 0.6 is 0 Å². The van der Waals surface area contributed by atoms with Crippen LogP contribution in [-0.2, 0) is 4.79 Å². The highest BCUT2D eigenvalue weighted by Crippen LogP contribution is 2.55. The lowest BCUT2D eigenvalue weighted by atomic mass is 9.53. The standard InChI is InChI=1S/C25H37N3O/c1-17-5-4-6-23(18(17)2)28-9-7-27(8-10-28)19(3)24(29)26-25-14-20-11-21(15-25)13-22(12-20)16-25/h4-6,19-22H,7-16H2,1-3H3,(H,26,29)/p+1/t19-,20?,21?,22?,25?/m0/s1. The molecule has 4 heteroatoms. The smallest absolute Gasteiger partial charge is 0.278 e. The Morgan fingerprint density at radius 2 is 1.66 bits per heavy atom. The van der Waals surface area contributed by atoms with E-state index >= 15 is 0 Å². The van der Waals surface area contributed by atoms with Gasteiger partial charge in [-0.2, -0.15) is 0 Å². The minimum absolute atomic E-state index is 0.0590. The largest absolute Gasteiger partial charge is 0.360 e. The summed E-state index contributed by atoms with van der Waals surface area (Å²) >= 11 is 0. The summed E-state index contributed by atoms with van der Waals surface area (Å²) in [5.41, 5.74) is 4.26. The molecule has 1 heterocycles. The van der Waals surface area contributed by atoms with E-state index in [1.54, 1.807) is 0 Å². The molecule has 2 N–H and O–H groups in total. The summed E-state index contributed by atoms with van der Waals surface area (Å²) in [4.78, 5) is 17.2. The van der Waals surface area contributed by atoms with Crippen molar-refractivity contribution in [2.45, 2.75) is 70.9 Å². The van der Waals surface area contributed by atoms with E-state index in [4.69, 9.17) is 0 Å². The first-order valence-electron chi connectivity index (χ1n) is 11.9. The highest BCUT2D eigenvalue weighted by atomic mass is 16.2. The van der Waals surface area contributed by atoms with E-state index in [1.165, 1.54) is 60.2 Å². The van der Waals surface area contributed by atoms with Gasteiger partial charge in [0.15, 0.2) is 6.04 Å². The van der Waals surface area contributed by atoms with Gasteiger partial charge in [-0.1, -0.05) is 12.1 Å². The summed E-state index contributed by atoms with van der Waals surface area (Å²) in [6.07, 6.45) is 8.01. The molecule has 0 aromatic heterocycles. The Bertz CT molecular complexity index is 745. The maximum atomic E-state index is 13.2. The Balaban J connectivity index is 1.19. The molecule has 5 fully saturated rings. The van der Waals surface area contributed by atoms with Crippen LogP contribution < -0.4 is 15.1 Å². The van der Waals surface area contributed by atoms with Gasteiger partial charge in [0.05, 0.1) is 26.2 Å². The summed E-state index contributed by atoms with van der Waals surface area (Å²) < 4.78 is 0. The van der Waals surface area contributed by atoms with Crippen LogP contribution in [0.3, 0.4) is 0 Å². The van der Waals surface area contributed by atoms with Crippen LogP contribution in [0.5, 0.6) is 0 Å². The van der Waals surface area contributed by atoms with Gasteiger partial charge in [-0.3, -0.25) is 4.79 Å². The maximum absolute atomic E-state index is 13.2. The molecule has 1 aromatic carbocycles. The molecule has 6 rings (SSSR count). The van der Waals surface area contributed by atoms with Crippen molar-refractivity contribution in [1.29, 1.82) is 0 Å². The van der Waals surface area contributed by atoms with Gasteiger partial charge in [-0.15, -0.1) is 0 Å². The van der Waals surface area contributed by atoms with Gasteiger partial charge in [-0.25, -0.2) is 0 Å². The fraction of sp³-hybridized carbons (Fsp3) is 0.720. The molecule has 1 saturated heterocycles. The fourth-order valence-electron chi connectivity index (χ4n) is 7.36. The maximum Gasteiger partial charge on any atom is 0.278 e. The number of quaternary nitrogens is 1. The Morgan fingerprint density at radius 1 is 1.07 bits per heavy atom. The van der Waals surface area contributed by atoms with E-state index in [0.29, 0.717) is 5.91 Å². The van der Waals surface area contributed by atoms with Crippen LogP contribution in [-0.4, -0.2) is 43.7 Å². The van der Waals surface area contributed by atoms with Crippen molar-refractivity contribution < 1.29 is 9.69 Å². The number of amides is 1. The highest BCUT2D eigenvalue weighted by Gasteiger charge is 2.52. The first-order chi connectivity index (χ1) is 13.9. The van der Waals surface area contributed by atoms with Gasteiger partial charge in [0.25, 0.3) is 5.91 Å². The zero-order valence-electron chi connectivity index (χ0n) is 18.5. The van der Waals surface area contributed by atoms with Crippen molar-refractivity contribution in [3.63, 3.8) is 0 Å². The molecule has 4 saturated carbocycles. The summed E-state index contributed by atoms with van der Waals surface area (Å²) in [6, 6.07) is 6.66. The molecule has 1 amide bonds. The number of rotatable bonds is 4. The number of aryl methyl sites for hydroxylation is 1. The molecule has 0 spiro atoms. The Kier molecular flexibility index (Phi) is 4.89. The number of hydrogen-bond acceptors (Lipinski definition) is 2. The molecule has 1 aliphatic heterocycles. The van der Waals surface area contributed by atoms with Crippen LogP contribution in [0.15, 0.2) is 18.2 Å². The lowest BCUT2D eigenvalue weighted by Crippen LogP contribution is -3.19.